The van der Waals surface area contributed by atoms with Crippen LogP contribution < -0.4 is 10.9 Å². The molecule has 5 nitrogen and oxygen atoms in total. The van der Waals surface area contributed by atoms with Gasteiger partial charge in [-0.2, -0.15) is 0 Å². The largest absolute Gasteiger partial charge is 0.324 e. The van der Waals surface area contributed by atoms with Gasteiger partial charge in [0.15, 0.2) is 0 Å². The normalized spacial score (nSPS) is 10.2. The van der Waals surface area contributed by atoms with Crippen molar-refractivity contribution in [1.29, 1.82) is 0 Å². The van der Waals surface area contributed by atoms with Gasteiger partial charge in [0.25, 0.3) is 5.56 Å². The first-order chi connectivity index (χ1) is 9.08. The summed E-state index contributed by atoms with van der Waals surface area (Å²) in [6.07, 6.45) is 2.76. The summed E-state index contributed by atoms with van der Waals surface area (Å²) in [6.45, 7) is 3.82. The summed E-state index contributed by atoms with van der Waals surface area (Å²) in [5.74, 6) is -0.243. The number of aromatic nitrogens is 2. The molecular weight excluding hydrogens is 242 g/mol. The van der Waals surface area contributed by atoms with Gasteiger partial charge in [-0.25, -0.2) is 4.98 Å². The van der Waals surface area contributed by atoms with Crippen LogP contribution in [0.2, 0.25) is 0 Å². The Balaban J connectivity index is 2.15. The highest BCUT2D eigenvalue weighted by molar-refractivity contribution is 5.92. The van der Waals surface area contributed by atoms with E-state index >= 15 is 0 Å². The molecule has 2 aromatic rings. The van der Waals surface area contributed by atoms with Crippen molar-refractivity contribution in [3.8, 4) is 0 Å². The maximum Gasteiger partial charge on any atom is 0.253 e. The molecule has 98 valence electrons. The van der Waals surface area contributed by atoms with Crippen molar-refractivity contribution in [2.75, 3.05) is 5.32 Å². The van der Waals surface area contributed by atoms with Gasteiger partial charge in [0.1, 0.15) is 6.54 Å². The summed E-state index contributed by atoms with van der Waals surface area (Å²) < 4.78 is 1.27. The van der Waals surface area contributed by atoms with Crippen molar-refractivity contribution in [1.82, 2.24) is 9.55 Å². The molecule has 0 aliphatic heterocycles. The summed E-state index contributed by atoms with van der Waals surface area (Å²) in [6, 6.07) is 7.12. The highest BCUT2D eigenvalue weighted by atomic mass is 16.2. The molecule has 0 fully saturated rings. The second kappa shape index (κ2) is 5.48. The van der Waals surface area contributed by atoms with Crippen LogP contribution in [0.15, 0.2) is 41.6 Å². The molecule has 0 aliphatic carbocycles. The van der Waals surface area contributed by atoms with Crippen LogP contribution in [-0.2, 0) is 11.3 Å². The Morgan fingerprint density at radius 3 is 2.58 bits per heavy atom. The molecule has 0 saturated carbocycles. The van der Waals surface area contributed by atoms with E-state index in [0.29, 0.717) is 0 Å². The van der Waals surface area contributed by atoms with Gasteiger partial charge in [-0.3, -0.25) is 14.2 Å². The van der Waals surface area contributed by atoms with Crippen LogP contribution in [0, 0.1) is 13.8 Å². The van der Waals surface area contributed by atoms with E-state index in [4.69, 9.17) is 0 Å². The van der Waals surface area contributed by atoms with E-state index in [0.717, 1.165) is 16.8 Å². The average Bonchev–Trinajstić information content (AvgIpc) is 2.37. The zero-order valence-corrected chi connectivity index (χ0v) is 10.9. The van der Waals surface area contributed by atoms with Crippen LogP contribution in [-0.4, -0.2) is 15.5 Å². The molecule has 1 aromatic heterocycles. The minimum Gasteiger partial charge on any atom is -0.324 e. The van der Waals surface area contributed by atoms with E-state index < -0.39 is 0 Å². The Hall–Kier alpha value is -2.43. The number of hydrogen-bond acceptors (Lipinski definition) is 3. The quantitative estimate of drug-likeness (QED) is 0.906. The molecule has 0 aliphatic rings. The Kier molecular flexibility index (Phi) is 3.75. The molecule has 0 bridgehead atoms. The number of benzene rings is 1. The lowest BCUT2D eigenvalue weighted by atomic mass is 10.1. The molecule has 2 rings (SSSR count). The number of amides is 1. The van der Waals surface area contributed by atoms with E-state index in [1.165, 1.54) is 23.2 Å². The van der Waals surface area contributed by atoms with Gasteiger partial charge >= 0.3 is 0 Å². The Labute approximate surface area is 110 Å². The highest BCUT2D eigenvalue weighted by Gasteiger charge is 2.08. The molecule has 0 saturated heterocycles. The lowest BCUT2D eigenvalue weighted by Crippen LogP contribution is -2.27. The third-order valence-corrected chi connectivity index (χ3v) is 2.85. The molecule has 1 heterocycles. The van der Waals surface area contributed by atoms with Crippen LogP contribution in [0.1, 0.15) is 11.1 Å². The maximum atomic E-state index is 11.9. The highest BCUT2D eigenvalue weighted by Crippen LogP contribution is 2.19. The first-order valence-electron chi connectivity index (χ1n) is 5.94. The van der Waals surface area contributed by atoms with E-state index in [-0.39, 0.29) is 18.0 Å². The summed E-state index contributed by atoms with van der Waals surface area (Å²) in [7, 11) is 0. The van der Waals surface area contributed by atoms with Crippen molar-refractivity contribution in [2.45, 2.75) is 20.4 Å². The minimum atomic E-state index is -0.244. The SMILES string of the molecule is Cc1cccc(C)c1NC(=O)Cn1cnccc1=O. The summed E-state index contributed by atoms with van der Waals surface area (Å²) in [4.78, 5) is 27.2. The fourth-order valence-corrected chi connectivity index (χ4v) is 1.84. The van der Waals surface area contributed by atoms with E-state index in [9.17, 15) is 9.59 Å². The maximum absolute atomic E-state index is 11.9. The standard InChI is InChI=1S/C14H15N3O2/c1-10-4-3-5-11(2)14(10)16-12(18)8-17-9-15-7-6-13(17)19/h3-7,9H,8H2,1-2H3,(H,16,18). The van der Waals surface area contributed by atoms with Crippen LogP contribution in [0.3, 0.4) is 0 Å². The van der Waals surface area contributed by atoms with Crippen LogP contribution in [0.4, 0.5) is 5.69 Å². The zero-order valence-electron chi connectivity index (χ0n) is 10.9. The summed E-state index contributed by atoms with van der Waals surface area (Å²) >= 11 is 0. The van der Waals surface area contributed by atoms with Gasteiger partial charge < -0.3 is 5.32 Å². The number of nitrogens with zero attached hydrogens (tertiary/aromatic N) is 2. The molecule has 1 aromatic carbocycles. The zero-order chi connectivity index (χ0) is 13.8. The van der Waals surface area contributed by atoms with Crippen molar-refractivity contribution in [3.63, 3.8) is 0 Å². The van der Waals surface area contributed by atoms with Gasteiger partial charge in [-0.15, -0.1) is 0 Å². The van der Waals surface area contributed by atoms with Gasteiger partial charge in [0, 0.05) is 18.0 Å². The minimum absolute atomic E-state index is 0.0412. The number of carbonyl (C=O) groups excluding carboxylic acids is 1. The number of rotatable bonds is 3. The molecule has 19 heavy (non-hydrogen) atoms. The number of para-hydroxylation sites is 1. The number of anilines is 1. The first-order valence-corrected chi connectivity index (χ1v) is 5.94. The fourth-order valence-electron chi connectivity index (χ4n) is 1.84. The topological polar surface area (TPSA) is 64.0 Å². The average molecular weight is 257 g/mol. The summed E-state index contributed by atoms with van der Waals surface area (Å²) in [5, 5.41) is 2.83. The second-order valence-corrected chi connectivity index (χ2v) is 4.36. The van der Waals surface area contributed by atoms with Gasteiger partial charge in [0.05, 0.1) is 6.33 Å². The van der Waals surface area contributed by atoms with E-state index in [2.05, 4.69) is 10.3 Å². The lowest BCUT2D eigenvalue weighted by Gasteiger charge is -2.11. The number of carbonyl (C=O) groups is 1. The summed E-state index contributed by atoms with van der Waals surface area (Å²) in [5.41, 5.74) is 2.54. The predicted octanol–water partition coefficient (Wildman–Crippen LogP) is 1.50. The molecular formula is C14H15N3O2. The van der Waals surface area contributed by atoms with Crippen molar-refractivity contribution >= 4 is 11.6 Å². The molecule has 0 atom stereocenters. The molecule has 0 radical (unpaired) electrons. The monoisotopic (exact) mass is 257 g/mol. The number of aryl methyl sites for hydroxylation is 2. The van der Waals surface area contributed by atoms with Crippen LogP contribution in [0.5, 0.6) is 0 Å². The van der Waals surface area contributed by atoms with Crippen molar-refractivity contribution in [2.24, 2.45) is 0 Å². The second-order valence-electron chi connectivity index (χ2n) is 4.36. The molecule has 0 unspecified atom stereocenters. The molecule has 0 spiro atoms. The number of nitrogens with one attached hydrogen (secondary N) is 1. The Morgan fingerprint density at radius 2 is 1.95 bits per heavy atom. The van der Waals surface area contributed by atoms with Crippen LogP contribution >= 0.6 is 0 Å². The predicted molar refractivity (Wildman–Crippen MR) is 73.0 cm³/mol. The van der Waals surface area contributed by atoms with Gasteiger partial charge in [-0.05, 0) is 25.0 Å². The van der Waals surface area contributed by atoms with Gasteiger partial charge in [-0.1, -0.05) is 18.2 Å². The third-order valence-electron chi connectivity index (χ3n) is 2.85. The van der Waals surface area contributed by atoms with Crippen molar-refractivity contribution in [3.05, 3.63) is 58.3 Å². The number of hydrogen-bond donors (Lipinski definition) is 1. The molecule has 5 heteroatoms. The lowest BCUT2D eigenvalue weighted by molar-refractivity contribution is -0.116. The smallest absolute Gasteiger partial charge is 0.253 e. The van der Waals surface area contributed by atoms with Crippen molar-refractivity contribution < 1.29 is 4.79 Å². The van der Waals surface area contributed by atoms with Gasteiger partial charge in [0.2, 0.25) is 5.91 Å². The molecule has 1 amide bonds. The van der Waals surface area contributed by atoms with Crippen LogP contribution in [0.25, 0.3) is 0 Å². The Morgan fingerprint density at radius 1 is 1.26 bits per heavy atom. The fraction of sp³-hybridized carbons (Fsp3) is 0.214. The Bertz CT molecular complexity index is 641. The van der Waals surface area contributed by atoms with E-state index in [1.54, 1.807) is 0 Å². The third kappa shape index (κ3) is 3.07. The first kappa shape index (κ1) is 13.0. The molecule has 1 N–H and O–H groups in total. The van der Waals surface area contributed by atoms with E-state index in [1.807, 2.05) is 32.0 Å².